The second-order valence-electron chi connectivity index (χ2n) is 6.95. The highest BCUT2D eigenvalue weighted by atomic mass is 32.1. The third kappa shape index (κ3) is 5.22. The van der Waals surface area contributed by atoms with Crippen molar-refractivity contribution < 1.29 is 9.13 Å². The van der Waals surface area contributed by atoms with E-state index in [0.29, 0.717) is 30.0 Å². The maximum absolute atomic E-state index is 13.0. The molecule has 4 rings (SSSR count). The summed E-state index contributed by atoms with van der Waals surface area (Å²) in [5.74, 6) is 12.4. The average molecular weight is 444 g/mol. The van der Waals surface area contributed by atoms with Crippen molar-refractivity contribution in [3.63, 3.8) is 0 Å². The number of hydrogen-bond donors (Lipinski definition) is 2. The van der Waals surface area contributed by atoms with Gasteiger partial charge in [-0.3, -0.25) is 0 Å². The molecule has 0 radical (unpaired) electrons. The smallest absolute Gasteiger partial charge is 0.225 e. The van der Waals surface area contributed by atoms with Crippen molar-refractivity contribution >= 4 is 29.4 Å². The normalized spacial score (nSPS) is 14.8. The molecule has 0 atom stereocenters. The van der Waals surface area contributed by atoms with Gasteiger partial charge in [-0.05, 0) is 25.0 Å². The molecule has 1 fully saturated rings. The standard InChI is InChI=1S/C19H22FN9OS/c20-14-7-24-19(25-8-14)28-5-3-13(4-6-28)18-27-15(11-31-18)10-30-16-1-2-17(23-9-16)29(22)12-26-21/h1-2,7-9,11-13H,3-6,10,21-22H2/b26-12-. The van der Waals surface area contributed by atoms with E-state index in [-0.39, 0.29) is 0 Å². The molecule has 1 aliphatic heterocycles. The molecular weight excluding hydrogens is 421 g/mol. The van der Waals surface area contributed by atoms with Crippen molar-refractivity contribution in [3.05, 3.63) is 52.6 Å². The average Bonchev–Trinajstić information content (AvgIpc) is 3.28. The SMILES string of the molecule is N/N=C\N(N)c1ccc(OCc2csc(C3CCN(c4ncc(F)cn4)CC3)n2)cn1. The number of piperidine rings is 1. The molecule has 4 N–H and O–H groups in total. The van der Waals surface area contributed by atoms with Gasteiger partial charge in [0.2, 0.25) is 5.95 Å². The second kappa shape index (κ2) is 9.62. The van der Waals surface area contributed by atoms with Crippen LogP contribution >= 0.6 is 11.3 Å². The topological polar surface area (TPSA) is 132 Å². The number of thiazole rings is 1. The Bertz CT molecular complexity index is 1000. The zero-order chi connectivity index (χ0) is 21.6. The summed E-state index contributed by atoms with van der Waals surface area (Å²) in [6.45, 7) is 1.98. The number of halogens is 1. The minimum atomic E-state index is -0.426. The number of pyridine rings is 1. The fourth-order valence-corrected chi connectivity index (χ4v) is 4.25. The van der Waals surface area contributed by atoms with Crippen LogP contribution in [-0.4, -0.2) is 39.4 Å². The molecule has 0 spiro atoms. The highest BCUT2D eigenvalue weighted by Crippen LogP contribution is 2.31. The molecule has 0 aliphatic carbocycles. The Morgan fingerprint density at radius 1 is 1.23 bits per heavy atom. The summed E-state index contributed by atoms with van der Waals surface area (Å²) in [4.78, 5) is 19.1. The Balaban J connectivity index is 1.28. The summed E-state index contributed by atoms with van der Waals surface area (Å²) in [6, 6.07) is 3.48. The first kappa shape index (κ1) is 20.9. The molecule has 0 amide bonds. The number of hydrogen-bond acceptors (Lipinski definition) is 10. The molecule has 0 saturated carbocycles. The predicted molar refractivity (Wildman–Crippen MR) is 116 cm³/mol. The molecule has 0 bridgehead atoms. The van der Waals surface area contributed by atoms with E-state index in [2.05, 4.69) is 25.0 Å². The number of ether oxygens (including phenoxy) is 1. The Hall–Kier alpha value is -3.38. The van der Waals surface area contributed by atoms with Crippen LogP contribution in [0.4, 0.5) is 16.2 Å². The van der Waals surface area contributed by atoms with E-state index >= 15 is 0 Å². The van der Waals surface area contributed by atoms with E-state index in [1.807, 2.05) is 5.38 Å². The van der Waals surface area contributed by atoms with Crippen LogP contribution in [0.5, 0.6) is 5.75 Å². The zero-order valence-corrected chi connectivity index (χ0v) is 17.5. The van der Waals surface area contributed by atoms with E-state index in [1.165, 1.54) is 23.7 Å². The van der Waals surface area contributed by atoms with Crippen LogP contribution in [0.2, 0.25) is 0 Å². The summed E-state index contributed by atoms with van der Waals surface area (Å²) in [6.07, 6.45) is 7.14. The van der Waals surface area contributed by atoms with Gasteiger partial charge >= 0.3 is 0 Å². The van der Waals surface area contributed by atoms with Crippen molar-refractivity contribution in [3.8, 4) is 5.75 Å². The lowest BCUT2D eigenvalue weighted by Gasteiger charge is -2.30. The number of anilines is 2. The summed E-state index contributed by atoms with van der Waals surface area (Å²) >= 11 is 1.65. The van der Waals surface area contributed by atoms with Gasteiger partial charge in [-0.2, -0.15) is 5.10 Å². The summed E-state index contributed by atoms with van der Waals surface area (Å²) in [5, 5.41) is 7.68. The number of nitrogens with zero attached hydrogens (tertiary/aromatic N) is 7. The van der Waals surface area contributed by atoms with Crippen molar-refractivity contribution in [2.75, 3.05) is 23.0 Å². The van der Waals surface area contributed by atoms with Crippen molar-refractivity contribution in [1.29, 1.82) is 0 Å². The van der Waals surface area contributed by atoms with Crippen LogP contribution in [-0.2, 0) is 6.61 Å². The van der Waals surface area contributed by atoms with Gasteiger partial charge in [0, 0.05) is 24.4 Å². The maximum atomic E-state index is 13.0. The van der Waals surface area contributed by atoms with Gasteiger partial charge < -0.3 is 15.5 Å². The maximum Gasteiger partial charge on any atom is 0.225 e. The first-order valence-electron chi connectivity index (χ1n) is 9.65. The summed E-state index contributed by atoms with van der Waals surface area (Å²) < 4.78 is 18.8. The van der Waals surface area contributed by atoms with Gasteiger partial charge in [-0.15, -0.1) is 11.3 Å². The lowest BCUT2D eigenvalue weighted by Crippen LogP contribution is -2.34. The van der Waals surface area contributed by atoms with Crippen LogP contribution in [0.25, 0.3) is 0 Å². The van der Waals surface area contributed by atoms with E-state index in [1.54, 1.807) is 29.7 Å². The van der Waals surface area contributed by atoms with E-state index in [0.717, 1.165) is 36.6 Å². The largest absolute Gasteiger partial charge is 0.486 e. The predicted octanol–water partition coefficient (Wildman–Crippen LogP) is 2.01. The van der Waals surface area contributed by atoms with E-state index in [4.69, 9.17) is 21.4 Å². The first-order chi connectivity index (χ1) is 15.1. The number of nitrogens with two attached hydrogens (primary N) is 2. The van der Waals surface area contributed by atoms with Crippen LogP contribution in [0, 0.1) is 5.82 Å². The molecule has 3 aromatic heterocycles. The highest BCUT2D eigenvalue weighted by Gasteiger charge is 2.24. The Kier molecular flexibility index (Phi) is 6.48. The minimum absolute atomic E-state index is 0.358. The molecule has 12 heteroatoms. The van der Waals surface area contributed by atoms with Gasteiger partial charge in [0.1, 0.15) is 24.5 Å². The van der Waals surface area contributed by atoms with E-state index < -0.39 is 5.82 Å². The van der Waals surface area contributed by atoms with Crippen LogP contribution < -0.4 is 26.3 Å². The molecule has 3 aromatic rings. The van der Waals surface area contributed by atoms with Crippen LogP contribution in [0.1, 0.15) is 29.5 Å². The molecule has 0 aromatic carbocycles. The zero-order valence-electron chi connectivity index (χ0n) is 16.6. The van der Waals surface area contributed by atoms with Gasteiger partial charge in [0.05, 0.1) is 29.3 Å². The molecule has 1 aliphatic rings. The molecule has 1 saturated heterocycles. The molecule has 10 nitrogen and oxygen atoms in total. The van der Waals surface area contributed by atoms with Gasteiger partial charge in [-0.25, -0.2) is 35.2 Å². The van der Waals surface area contributed by atoms with Crippen molar-refractivity contribution in [1.82, 2.24) is 19.9 Å². The molecular formula is C19H22FN9OS. The lowest BCUT2D eigenvalue weighted by atomic mass is 9.98. The van der Waals surface area contributed by atoms with Crippen LogP contribution in [0.3, 0.4) is 0 Å². The van der Waals surface area contributed by atoms with E-state index in [9.17, 15) is 4.39 Å². The van der Waals surface area contributed by atoms with Gasteiger partial charge in [-0.1, -0.05) is 0 Å². The number of aromatic nitrogens is 4. The Morgan fingerprint density at radius 2 is 2.00 bits per heavy atom. The minimum Gasteiger partial charge on any atom is -0.486 e. The Labute approximate surface area is 182 Å². The summed E-state index contributed by atoms with van der Waals surface area (Å²) in [5.41, 5.74) is 0.879. The van der Waals surface area contributed by atoms with Crippen molar-refractivity contribution in [2.24, 2.45) is 16.8 Å². The monoisotopic (exact) mass is 443 g/mol. The van der Waals surface area contributed by atoms with Gasteiger partial charge in [0.25, 0.3) is 0 Å². The van der Waals surface area contributed by atoms with Gasteiger partial charge in [0.15, 0.2) is 5.82 Å². The Morgan fingerprint density at radius 3 is 2.68 bits per heavy atom. The lowest BCUT2D eigenvalue weighted by molar-refractivity contribution is 0.300. The molecule has 162 valence electrons. The number of hydrazine groups is 1. The second-order valence-corrected chi connectivity index (χ2v) is 7.84. The molecule has 4 heterocycles. The molecule has 0 unspecified atom stereocenters. The van der Waals surface area contributed by atoms with Crippen molar-refractivity contribution in [2.45, 2.75) is 25.4 Å². The molecule has 31 heavy (non-hydrogen) atoms. The third-order valence-electron chi connectivity index (χ3n) is 4.87. The van der Waals surface area contributed by atoms with Crippen LogP contribution in [0.15, 0.2) is 41.2 Å². The fraction of sp³-hybridized carbons (Fsp3) is 0.316. The number of hydrazone groups is 1. The number of rotatable bonds is 7. The quantitative estimate of drug-likeness (QED) is 0.243. The summed E-state index contributed by atoms with van der Waals surface area (Å²) in [7, 11) is 0. The third-order valence-corrected chi connectivity index (χ3v) is 5.92. The fourth-order valence-electron chi connectivity index (χ4n) is 3.27. The first-order valence-corrected chi connectivity index (χ1v) is 10.5. The highest BCUT2D eigenvalue weighted by molar-refractivity contribution is 7.09.